The Morgan fingerprint density at radius 1 is 1.41 bits per heavy atom. The Bertz CT molecular complexity index is 519. The van der Waals surface area contributed by atoms with Crippen molar-refractivity contribution in [2.45, 2.75) is 31.7 Å². The lowest BCUT2D eigenvalue weighted by Gasteiger charge is -2.34. The lowest BCUT2D eigenvalue weighted by molar-refractivity contribution is -0.122. The first-order chi connectivity index (χ1) is 10.7. The topological polar surface area (TPSA) is 57.3 Å². The number of carbonyl (C=O) groups is 1. The zero-order chi connectivity index (χ0) is 15.4. The molecule has 1 aromatic rings. The summed E-state index contributed by atoms with van der Waals surface area (Å²) in [4.78, 5) is 18.7. The van der Waals surface area contributed by atoms with Crippen molar-refractivity contribution in [1.82, 2.24) is 15.6 Å². The van der Waals surface area contributed by atoms with Crippen LogP contribution in [0.3, 0.4) is 0 Å². The van der Waals surface area contributed by atoms with E-state index in [0.29, 0.717) is 5.92 Å². The second kappa shape index (κ2) is 7.42. The van der Waals surface area contributed by atoms with Crippen molar-refractivity contribution in [1.29, 1.82) is 0 Å². The molecule has 6 heteroatoms. The van der Waals surface area contributed by atoms with Crippen molar-refractivity contribution in [3.05, 3.63) is 22.9 Å². The third-order valence-corrected chi connectivity index (χ3v) is 4.95. The molecule has 3 heterocycles. The van der Waals surface area contributed by atoms with E-state index in [1.54, 1.807) is 6.20 Å². The van der Waals surface area contributed by atoms with Gasteiger partial charge in [-0.2, -0.15) is 0 Å². The van der Waals surface area contributed by atoms with Crippen LogP contribution in [-0.4, -0.2) is 43.1 Å². The smallest absolute Gasteiger partial charge is 0.237 e. The molecule has 0 radical (unpaired) electrons. The van der Waals surface area contributed by atoms with Crippen LogP contribution in [0.2, 0.25) is 0 Å². The number of amides is 1. The van der Waals surface area contributed by atoms with Gasteiger partial charge in [0.05, 0.1) is 17.9 Å². The number of nitrogens with zero attached hydrogens (tertiary/aromatic N) is 2. The summed E-state index contributed by atoms with van der Waals surface area (Å²) >= 11 is 3.48. The molecule has 5 nitrogen and oxygen atoms in total. The summed E-state index contributed by atoms with van der Waals surface area (Å²) in [5.41, 5.74) is 1.16. The number of piperidine rings is 1. The summed E-state index contributed by atoms with van der Waals surface area (Å²) in [6.07, 6.45) is 8.12. The van der Waals surface area contributed by atoms with E-state index in [4.69, 9.17) is 0 Å². The Kier molecular flexibility index (Phi) is 5.31. The Morgan fingerprint density at radius 2 is 2.32 bits per heavy atom. The first kappa shape index (κ1) is 15.7. The van der Waals surface area contributed by atoms with Crippen LogP contribution in [0.5, 0.6) is 0 Å². The van der Waals surface area contributed by atoms with Gasteiger partial charge in [-0.25, -0.2) is 0 Å². The second-order valence-corrected chi connectivity index (χ2v) is 7.13. The molecule has 3 rings (SSSR count). The molecule has 1 amide bonds. The number of nitrogens with one attached hydrogen (secondary N) is 2. The van der Waals surface area contributed by atoms with Gasteiger partial charge in [0.2, 0.25) is 5.91 Å². The molecule has 2 saturated heterocycles. The highest BCUT2D eigenvalue weighted by molar-refractivity contribution is 9.10. The van der Waals surface area contributed by atoms with E-state index in [0.717, 1.165) is 55.6 Å². The zero-order valence-electron chi connectivity index (χ0n) is 12.7. The Morgan fingerprint density at radius 3 is 3.09 bits per heavy atom. The van der Waals surface area contributed by atoms with Gasteiger partial charge in [-0.15, -0.1) is 0 Å². The van der Waals surface area contributed by atoms with Crippen LogP contribution in [0, 0.1) is 5.92 Å². The van der Waals surface area contributed by atoms with E-state index in [1.807, 2.05) is 6.20 Å². The van der Waals surface area contributed by atoms with Crippen LogP contribution in [0.1, 0.15) is 25.7 Å². The van der Waals surface area contributed by atoms with Crippen molar-refractivity contribution >= 4 is 27.5 Å². The highest BCUT2D eigenvalue weighted by Crippen LogP contribution is 2.24. The fraction of sp³-hybridized carbons (Fsp3) is 0.625. The maximum Gasteiger partial charge on any atom is 0.237 e. The average Bonchev–Trinajstić information content (AvgIpc) is 3.07. The van der Waals surface area contributed by atoms with Gasteiger partial charge >= 0.3 is 0 Å². The molecule has 22 heavy (non-hydrogen) atoms. The van der Waals surface area contributed by atoms with Crippen LogP contribution in [0.25, 0.3) is 0 Å². The lowest BCUT2D eigenvalue weighted by Crippen LogP contribution is -2.45. The molecule has 0 spiro atoms. The van der Waals surface area contributed by atoms with Gasteiger partial charge in [0.1, 0.15) is 0 Å². The number of rotatable bonds is 4. The molecule has 0 aromatic carbocycles. The summed E-state index contributed by atoms with van der Waals surface area (Å²) in [5, 5.41) is 6.37. The van der Waals surface area contributed by atoms with Crippen molar-refractivity contribution in [3.8, 4) is 0 Å². The molecule has 0 saturated carbocycles. The van der Waals surface area contributed by atoms with E-state index in [1.165, 1.54) is 6.42 Å². The molecule has 2 fully saturated rings. The molecule has 2 atom stereocenters. The van der Waals surface area contributed by atoms with Crippen LogP contribution >= 0.6 is 15.9 Å². The molecule has 120 valence electrons. The number of halogens is 1. The number of aromatic nitrogens is 1. The first-order valence-corrected chi connectivity index (χ1v) is 8.88. The summed E-state index contributed by atoms with van der Waals surface area (Å²) < 4.78 is 1.01. The van der Waals surface area contributed by atoms with Crippen molar-refractivity contribution in [2.24, 2.45) is 5.92 Å². The van der Waals surface area contributed by atoms with Crippen LogP contribution in [-0.2, 0) is 4.79 Å². The van der Waals surface area contributed by atoms with Gasteiger partial charge in [-0.1, -0.05) is 0 Å². The highest BCUT2D eigenvalue weighted by atomic mass is 79.9. The standard InChI is InChI=1S/C16H23BrN4O/c17-13-7-14(10-18-9-13)21-6-2-3-12(11-21)8-20-16(22)15-4-1-5-19-15/h7,9-10,12,15,19H,1-6,8,11H2,(H,20,22). The van der Waals surface area contributed by atoms with Crippen molar-refractivity contribution in [3.63, 3.8) is 0 Å². The molecule has 2 N–H and O–H groups in total. The van der Waals surface area contributed by atoms with Gasteiger partial charge in [0.25, 0.3) is 0 Å². The van der Waals surface area contributed by atoms with E-state index in [-0.39, 0.29) is 11.9 Å². The second-order valence-electron chi connectivity index (χ2n) is 6.21. The van der Waals surface area contributed by atoms with Gasteiger partial charge in [0.15, 0.2) is 0 Å². The van der Waals surface area contributed by atoms with E-state index in [2.05, 4.69) is 42.5 Å². The predicted molar refractivity (Wildman–Crippen MR) is 90.9 cm³/mol. The quantitative estimate of drug-likeness (QED) is 0.854. The minimum atomic E-state index is 0.0222. The summed E-state index contributed by atoms with van der Waals surface area (Å²) in [6.45, 7) is 3.78. The van der Waals surface area contributed by atoms with E-state index in [9.17, 15) is 4.79 Å². The molecule has 2 aliphatic rings. The summed E-state index contributed by atoms with van der Waals surface area (Å²) in [7, 11) is 0. The highest BCUT2D eigenvalue weighted by Gasteiger charge is 2.24. The van der Waals surface area contributed by atoms with Crippen LogP contribution in [0.15, 0.2) is 22.9 Å². The molecule has 2 aliphatic heterocycles. The molecule has 1 aromatic heterocycles. The van der Waals surface area contributed by atoms with Crippen LogP contribution < -0.4 is 15.5 Å². The SMILES string of the molecule is O=C(NCC1CCCN(c2cncc(Br)c2)C1)C1CCCN1. The van der Waals surface area contributed by atoms with Crippen molar-refractivity contribution < 1.29 is 4.79 Å². The number of carbonyl (C=O) groups excluding carboxylic acids is 1. The fourth-order valence-electron chi connectivity index (χ4n) is 3.32. The zero-order valence-corrected chi connectivity index (χ0v) is 14.3. The molecular formula is C16H23BrN4O. The van der Waals surface area contributed by atoms with Gasteiger partial charge in [0, 0.05) is 30.3 Å². The van der Waals surface area contributed by atoms with Gasteiger partial charge in [-0.05, 0) is 60.1 Å². The normalized spacial score (nSPS) is 25.2. The third kappa shape index (κ3) is 3.98. The minimum Gasteiger partial charge on any atom is -0.370 e. The third-order valence-electron chi connectivity index (χ3n) is 4.52. The molecule has 0 bridgehead atoms. The summed E-state index contributed by atoms with van der Waals surface area (Å²) in [5.74, 6) is 0.678. The number of hydrogen-bond donors (Lipinski definition) is 2. The lowest BCUT2D eigenvalue weighted by atomic mass is 9.97. The molecule has 0 aliphatic carbocycles. The first-order valence-electron chi connectivity index (χ1n) is 8.09. The largest absolute Gasteiger partial charge is 0.370 e. The Labute approximate surface area is 140 Å². The van der Waals surface area contributed by atoms with Gasteiger partial charge in [-0.3, -0.25) is 9.78 Å². The maximum absolute atomic E-state index is 12.1. The Balaban J connectivity index is 1.51. The summed E-state index contributed by atoms with van der Waals surface area (Å²) in [6, 6.07) is 2.13. The fourth-order valence-corrected chi connectivity index (χ4v) is 3.67. The number of hydrogen-bond acceptors (Lipinski definition) is 4. The predicted octanol–water partition coefficient (Wildman–Crippen LogP) is 1.93. The van der Waals surface area contributed by atoms with E-state index >= 15 is 0 Å². The number of anilines is 1. The maximum atomic E-state index is 12.1. The van der Waals surface area contributed by atoms with Crippen molar-refractivity contribution in [2.75, 3.05) is 31.1 Å². The van der Waals surface area contributed by atoms with Crippen LogP contribution in [0.4, 0.5) is 5.69 Å². The monoisotopic (exact) mass is 366 g/mol. The average molecular weight is 367 g/mol. The van der Waals surface area contributed by atoms with Gasteiger partial charge < -0.3 is 15.5 Å². The minimum absolute atomic E-state index is 0.0222. The van der Waals surface area contributed by atoms with E-state index < -0.39 is 0 Å². The molecular weight excluding hydrogens is 344 g/mol. The Hall–Kier alpha value is -1.14. The molecule has 2 unspecified atom stereocenters. The number of pyridine rings is 1.